The molecule has 0 aliphatic heterocycles. The molecule has 0 saturated heterocycles. The maximum atomic E-state index is 13.2. The van der Waals surface area contributed by atoms with Gasteiger partial charge in [0.2, 0.25) is 0 Å². The molecule has 0 saturated carbocycles. The molecule has 4 heteroatoms. The SMILES string of the molecule is O=C(c1ccccc1)[C@@H](c1ccccc1)n1cnc2ccccc2c1=O. The smallest absolute Gasteiger partial charge is 0.262 e. The van der Waals surface area contributed by atoms with Gasteiger partial charge in [-0.3, -0.25) is 14.2 Å². The zero-order valence-electron chi connectivity index (χ0n) is 13.9. The molecular weight excluding hydrogens is 324 g/mol. The van der Waals surface area contributed by atoms with E-state index in [4.69, 9.17) is 0 Å². The third-order valence-corrected chi connectivity index (χ3v) is 4.39. The minimum Gasteiger partial charge on any atom is -0.291 e. The third kappa shape index (κ3) is 2.82. The summed E-state index contributed by atoms with van der Waals surface area (Å²) >= 11 is 0. The van der Waals surface area contributed by atoms with E-state index in [9.17, 15) is 9.59 Å². The Labute approximate surface area is 150 Å². The summed E-state index contributed by atoms with van der Waals surface area (Å²) in [4.78, 5) is 30.7. The molecule has 0 spiro atoms. The van der Waals surface area contributed by atoms with Gasteiger partial charge >= 0.3 is 0 Å². The van der Waals surface area contributed by atoms with Gasteiger partial charge in [0.25, 0.3) is 5.56 Å². The lowest BCUT2D eigenvalue weighted by atomic mass is 9.97. The summed E-state index contributed by atoms with van der Waals surface area (Å²) in [6, 6.07) is 24.7. The Kier molecular flexibility index (Phi) is 4.15. The molecule has 126 valence electrons. The Balaban J connectivity index is 1.93. The first kappa shape index (κ1) is 16.0. The van der Waals surface area contributed by atoms with Crippen molar-refractivity contribution in [2.45, 2.75) is 6.04 Å². The summed E-state index contributed by atoms with van der Waals surface area (Å²) in [7, 11) is 0. The zero-order valence-corrected chi connectivity index (χ0v) is 13.9. The summed E-state index contributed by atoms with van der Waals surface area (Å²) in [5.74, 6) is -0.143. The van der Waals surface area contributed by atoms with Gasteiger partial charge in [0, 0.05) is 5.56 Å². The average Bonchev–Trinajstić information content (AvgIpc) is 2.71. The highest BCUT2D eigenvalue weighted by molar-refractivity contribution is 6.01. The molecule has 0 N–H and O–H groups in total. The Morgan fingerprint density at radius 1 is 0.808 bits per heavy atom. The van der Waals surface area contributed by atoms with Crippen molar-refractivity contribution in [3.8, 4) is 0 Å². The van der Waals surface area contributed by atoms with Crippen LogP contribution in [0.3, 0.4) is 0 Å². The van der Waals surface area contributed by atoms with Gasteiger partial charge in [-0.15, -0.1) is 0 Å². The van der Waals surface area contributed by atoms with Gasteiger partial charge in [-0.05, 0) is 17.7 Å². The van der Waals surface area contributed by atoms with Gasteiger partial charge in [-0.1, -0.05) is 72.8 Å². The summed E-state index contributed by atoms with van der Waals surface area (Å²) in [5.41, 5.74) is 1.70. The van der Waals surface area contributed by atoms with Crippen LogP contribution in [0.5, 0.6) is 0 Å². The molecule has 26 heavy (non-hydrogen) atoms. The number of ketones is 1. The number of hydrogen-bond acceptors (Lipinski definition) is 3. The van der Waals surface area contributed by atoms with Crippen molar-refractivity contribution in [3.63, 3.8) is 0 Å². The number of carbonyl (C=O) groups is 1. The summed E-state index contributed by atoms with van der Waals surface area (Å²) in [5, 5.41) is 0.497. The topological polar surface area (TPSA) is 52.0 Å². The Morgan fingerprint density at radius 2 is 1.42 bits per heavy atom. The van der Waals surface area contributed by atoms with E-state index in [-0.39, 0.29) is 11.3 Å². The Bertz CT molecular complexity index is 1120. The predicted octanol–water partition coefficient (Wildman–Crippen LogP) is 3.87. The van der Waals surface area contributed by atoms with Crippen LogP contribution in [0.1, 0.15) is 22.0 Å². The molecule has 0 radical (unpaired) electrons. The van der Waals surface area contributed by atoms with Crippen molar-refractivity contribution in [1.29, 1.82) is 0 Å². The molecule has 0 amide bonds. The number of nitrogens with zero attached hydrogens (tertiary/aromatic N) is 2. The van der Waals surface area contributed by atoms with Crippen LogP contribution >= 0.6 is 0 Å². The number of Topliss-reactive ketones (excluding diaryl/α,β-unsaturated/α-hetero) is 1. The van der Waals surface area contributed by atoms with Crippen LogP contribution in [0.15, 0.2) is 96.1 Å². The maximum Gasteiger partial charge on any atom is 0.262 e. The zero-order chi connectivity index (χ0) is 17.9. The second kappa shape index (κ2) is 6.76. The molecule has 1 atom stereocenters. The number of aromatic nitrogens is 2. The van der Waals surface area contributed by atoms with Gasteiger partial charge in [-0.2, -0.15) is 0 Å². The van der Waals surface area contributed by atoms with Crippen LogP contribution in [0, 0.1) is 0 Å². The lowest BCUT2D eigenvalue weighted by Gasteiger charge is -2.19. The standard InChI is InChI=1S/C22H16N2O2/c25-21(17-11-5-2-6-12-17)20(16-9-3-1-4-10-16)24-15-23-19-14-8-7-13-18(19)22(24)26/h1-15,20H/t20-/m1/s1. The van der Waals surface area contributed by atoms with Gasteiger partial charge in [-0.25, -0.2) is 4.98 Å². The number of benzene rings is 3. The summed E-state index contributed by atoms with van der Waals surface area (Å²) < 4.78 is 1.42. The van der Waals surface area contributed by atoms with Crippen LogP contribution < -0.4 is 5.56 Å². The molecule has 0 aliphatic rings. The molecule has 3 aromatic carbocycles. The van der Waals surface area contributed by atoms with E-state index < -0.39 is 6.04 Å². The molecule has 4 nitrogen and oxygen atoms in total. The first-order valence-electron chi connectivity index (χ1n) is 8.36. The highest BCUT2D eigenvalue weighted by atomic mass is 16.1. The van der Waals surface area contributed by atoms with Crippen molar-refractivity contribution in [2.24, 2.45) is 0 Å². The molecule has 0 fully saturated rings. The van der Waals surface area contributed by atoms with E-state index in [1.165, 1.54) is 10.9 Å². The van der Waals surface area contributed by atoms with Crippen molar-refractivity contribution >= 4 is 16.7 Å². The number of hydrogen-bond donors (Lipinski definition) is 0. The highest BCUT2D eigenvalue weighted by Gasteiger charge is 2.25. The fourth-order valence-electron chi connectivity index (χ4n) is 3.10. The molecule has 1 heterocycles. The summed E-state index contributed by atoms with van der Waals surface area (Å²) in [6.45, 7) is 0. The second-order valence-corrected chi connectivity index (χ2v) is 6.02. The lowest BCUT2D eigenvalue weighted by Crippen LogP contribution is -2.31. The molecular formula is C22H16N2O2. The van der Waals surface area contributed by atoms with E-state index in [0.29, 0.717) is 16.5 Å². The molecule has 0 aliphatic carbocycles. The normalized spacial score (nSPS) is 12.0. The second-order valence-electron chi connectivity index (χ2n) is 6.02. The van der Waals surface area contributed by atoms with Crippen molar-refractivity contribution in [1.82, 2.24) is 9.55 Å². The molecule has 1 aromatic heterocycles. The van der Waals surface area contributed by atoms with Gasteiger partial charge in [0.15, 0.2) is 5.78 Å². The van der Waals surface area contributed by atoms with E-state index in [1.807, 2.05) is 54.6 Å². The fraction of sp³-hybridized carbons (Fsp3) is 0.0455. The maximum absolute atomic E-state index is 13.2. The number of para-hydroxylation sites is 1. The number of fused-ring (bicyclic) bond motifs is 1. The average molecular weight is 340 g/mol. The third-order valence-electron chi connectivity index (χ3n) is 4.39. The Morgan fingerprint density at radius 3 is 2.15 bits per heavy atom. The summed E-state index contributed by atoms with van der Waals surface area (Å²) in [6.07, 6.45) is 1.46. The first-order chi connectivity index (χ1) is 12.8. The van der Waals surface area contributed by atoms with Gasteiger partial charge in [0.05, 0.1) is 17.2 Å². The first-order valence-corrected chi connectivity index (χ1v) is 8.36. The van der Waals surface area contributed by atoms with Crippen molar-refractivity contribution in [2.75, 3.05) is 0 Å². The minimum absolute atomic E-state index is 0.143. The van der Waals surface area contributed by atoms with Crippen LogP contribution in [0.2, 0.25) is 0 Å². The van der Waals surface area contributed by atoms with Crippen LogP contribution in [-0.4, -0.2) is 15.3 Å². The van der Waals surface area contributed by atoms with E-state index >= 15 is 0 Å². The number of carbonyl (C=O) groups excluding carboxylic acids is 1. The fourth-order valence-corrected chi connectivity index (χ4v) is 3.10. The van der Waals surface area contributed by atoms with E-state index in [1.54, 1.807) is 30.3 Å². The quantitative estimate of drug-likeness (QED) is 0.530. The van der Waals surface area contributed by atoms with Gasteiger partial charge < -0.3 is 0 Å². The van der Waals surface area contributed by atoms with Crippen LogP contribution in [0.25, 0.3) is 10.9 Å². The van der Waals surface area contributed by atoms with E-state index in [0.717, 1.165) is 5.56 Å². The monoisotopic (exact) mass is 340 g/mol. The van der Waals surface area contributed by atoms with Crippen molar-refractivity contribution < 1.29 is 4.79 Å². The largest absolute Gasteiger partial charge is 0.291 e. The van der Waals surface area contributed by atoms with Crippen LogP contribution in [0.4, 0.5) is 0 Å². The van der Waals surface area contributed by atoms with Crippen molar-refractivity contribution in [3.05, 3.63) is 113 Å². The molecule has 0 bridgehead atoms. The molecule has 4 aromatic rings. The van der Waals surface area contributed by atoms with Crippen LogP contribution in [-0.2, 0) is 0 Å². The Hall–Kier alpha value is -3.53. The molecule has 4 rings (SSSR count). The molecule has 0 unspecified atom stereocenters. The minimum atomic E-state index is -0.761. The highest BCUT2D eigenvalue weighted by Crippen LogP contribution is 2.22. The van der Waals surface area contributed by atoms with E-state index in [2.05, 4.69) is 4.98 Å². The number of rotatable bonds is 4. The lowest BCUT2D eigenvalue weighted by molar-refractivity contribution is 0.0944. The predicted molar refractivity (Wildman–Crippen MR) is 101 cm³/mol. The van der Waals surface area contributed by atoms with Gasteiger partial charge in [0.1, 0.15) is 6.04 Å².